The number of hydrogen-bond donors (Lipinski definition) is 0. The van der Waals surface area contributed by atoms with Crippen LogP contribution in [0.3, 0.4) is 0 Å². The number of aromatic nitrogens is 3. The molecule has 0 radical (unpaired) electrons. The van der Waals surface area contributed by atoms with Gasteiger partial charge in [0, 0.05) is 17.1 Å². The first-order chi connectivity index (χ1) is 20.3. The molecule has 190 valence electrons. The highest BCUT2D eigenvalue weighted by atomic mass is 15.0. The van der Waals surface area contributed by atoms with Gasteiger partial charge < -0.3 is 0 Å². The molecule has 41 heavy (non-hydrogen) atoms. The Morgan fingerprint density at radius 2 is 0.976 bits per heavy atom. The lowest BCUT2D eigenvalue weighted by atomic mass is 9.92. The molecule has 0 atom stereocenters. The van der Waals surface area contributed by atoms with Crippen LogP contribution in [0.25, 0.3) is 82.3 Å². The predicted molar refractivity (Wildman–Crippen MR) is 171 cm³/mol. The maximum Gasteiger partial charge on any atom is 0.137 e. The number of imidazole rings is 1. The zero-order valence-electron chi connectivity index (χ0n) is 22.1. The number of hydrogen-bond acceptors (Lipinski definition) is 2. The fraction of sp³-hybridized carbons (Fsp3) is 0. The topological polar surface area (TPSA) is 30.2 Å². The highest BCUT2D eigenvalue weighted by Gasteiger charge is 2.16. The molecule has 6 aromatic carbocycles. The van der Waals surface area contributed by atoms with Crippen LogP contribution in [0.15, 0.2) is 140 Å². The maximum absolute atomic E-state index is 5.14. The largest absolute Gasteiger partial charge is 0.298 e. The van der Waals surface area contributed by atoms with Crippen LogP contribution in [0, 0.1) is 0 Å². The number of pyridine rings is 2. The molecule has 0 bridgehead atoms. The Balaban J connectivity index is 1.23. The first-order valence-corrected chi connectivity index (χ1v) is 13.9. The van der Waals surface area contributed by atoms with E-state index in [1.165, 1.54) is 43.4 Å². The van der Waals surface area contributed by atoms with Gasteiger partial charge in [-0.25, -0.2) is 9.97 Å². The number of para-hydroxylation sites is 1. The van der Waals surface area contributed by atoms with Crippen molar-refractivity contribution in [2.75, 3.05) is 0 Å². The van der Waals surface area contributed by atoms with E-state index in [0.717, 1.165) is 38.8 Å². The number of fused-ring (bicyclic) bond motifs is 11. The van der Waals surface area contributed by atoms with E-state index in [4.69, 9.17) is 9.97 Å². The van der Waals surface area contributed by atoms with E-state index in [-0.39, 0.29) is 0 Å². The van der Waals surface area contributed by atoms with Crippen molar-refractivity contribution in [1.29, 1.82) is 0 Å². The molecule has 0 amide bonds. The molecule has 0 saturated carbocycles. The quantitative estimate of drug-likeness (QED) is 0.212. The minimum atomic E-state index is 0.925. The number of benzene rings is 6. The van der Waals surface area contributed by atoms with Gasteiger partial charge in [-0.05, 0) is 67.7 Å². The van der Waals surface area contributed by atoms with Crippen LogP contribution in [0.4, 0.5) is 0 Å². The molecule has 0 fully saturated rings. The lowest BCUT2D eigenvalue weighted by Crippen LogP contribution is -1.92. The molecule has 0 spiro atoms. The van der Waals surface area contributed by atoms with Gasteiger partial charge in [0.25, 0.3) is 0 Å². The van der Waals surface area contributed by atoms with E-state index in [9.17, 15) is 0 Å². The Kier molecular flexibility index (Phi) is 4.61. The molecule has 0 aliphatic heterocycles. The van der Waals surface area contributed by atoms with Crippen molar-refractivity contribution in [2.24, 2.45) is 0 Å². The Hall–Kier alpha value is -5.54. The molecule has 3 aromatic heterocycles. The minimum absolute atomic E-state index is 0.925. The smallest absolute Gasteiger partial charge is 0.137 e. The minimum Gasteiger partial charge on any atom is -0.298 e. The van der Waals surface area contributed by atoms with Gasteiger partial charge in [0.05, 0.1) is 16.7 Å². The van der Waals surface area contributed by atoms with Crippen molar-refractivity contribution in [3.63, 3.8) is 0 Å². The Morgan fingerprint density at radius 1 is 0.415 bits per heavy atom. The SMILES string of the molecule is c1ccc2c(c1)nc(-c1ccc(-c3ccc4c5ccccc5c5ccccc5c4c3)cc1)c1c2nc2ccccn21. The average Bonchev–Trinajstić information content (AvgIpc) is 3.45. The number of nitrogens with zero attached hydrogens (tertiary/aromatic N) is 3. The second kappa shape index (κ2) is 8.48. The van der Waals surface area contributed by atoms with Crippen molar-refractivity contribution in [3.8, 4) is 22.4 Å². The van der Waals surface area contributed by atoms with Crippen molar-refractivity contribution < 1.29 is 0 Å². The standard InChI is InChI=1S/C38H23N3/c1-2-11-29-27(9-1)28-10-3-4-12-30(28)33-23-26(20-21-31(29)33)24-16-18-25(19-17-24)36-38-37(32-13-5-6-14-34(32)39-36)40-35-15-7-8-22-41(35)38/h1-23H. The molecule has 3 heteroatoms. The third kappa shape index (κ3) is 3.26. The third-order valence-electron chi connectivity index (χ3n) is 8.38. The molecular formula is C38H23N3. The predicted octanol–water partition coefficient (Wildman–Crippen LogP) is 9.83. The Bertz CT molecular complexity index is 2430. The van der Waals surface area contributed by atoms with Crippen molar-refractivity contribution in [3.05, 3.63) is 140 Å². The molecule has 0 aliphatic carbocycles. The van der Waals surface area contributed by atoms with Gasteiger partial charge in [0.1, 0.15) is 11.2 Å². The van der Waals surface area contributed by atoms with Gasteiger partial charge in [-0.1, -0.05) is 109 Å². The molecule has 0 unspecified atom stereocenters. The second-order valence-corrected chi connectivity index (χ2v) is 10.6. The summed E-state index contributed by atoms with van der Waals surface area (Å²) in [6.45, 7) is 0. The van der Waals surface area contributed by atoms with Gasteiger partial charge in [0.2, 0.25) is 0 Å². The first-order valence-electron chi connectivity index (χ1n) is 13.9. The van der Waals surface area contributed by atoms with E-state index in [2.05, 4.69) is 120 Å². The Morgan fingerprint density at radius 3 is 1.71 bits per heavy atom. The molecule has 3 heterocycles. The van der Waals surface area contributed by atoms with Crippen LogP contribution in [0.1, 0.15) is 0 Å². The third-order valence-corrected chi connectivity index (χ3v) is 8.38. The fourth-order valence-corrected chi connectivity index (χ4v) is 6.46. The van der Waals surface area contributed by atoms with E-state index >= 15 is 0 Å². The zero-order chi connectivity index (χ0) is 26.9. The van der Waals surface area contributed by atoms with Crippen LogP contribution < -0.4 is 0 Å². The second-order valence-electron chi connectivity index (χ2n) is 10.6. The van der Waals surface area contributed by atoms with Gasteiger partial charge in [0.15, 0.2) is 0 Å². The first kappa shape index (κ1) is 22.3. The summed E-state index contributed by atoms with van der Waals surface area (Å²) in [6.07, 6.45) is 2.07. The van der Waals surface area contributed by atoms with Crippen LogP contribution in [-0.4, -0.2) is 14.4 Å². The summed E-state index contributed by atoms with van der Waals surface area (Å²) < 4.78 is 2.15. The lowest BCUT2D eigenvalue weighted by Gasteiger charge is -2.12. The van der Waals surface area contributed by atoms with Crippen molar-refractivity contribution >= 4 is 59.9 Å². The Labute approximate surface area is 236 Å². The summed E-state index contributed by atoms with van der Waals surface area (Å²) in [6, 6.07) is 47.5. The highest BCUT2D eigenvalue weighted by Crippen LogP contribution is 2.38. The molecule has 3 nitrogen and oxygen atoms in total. The van der Waals surface area contributed by atoms with E-state index in [0.29, 0.717) is 0 Å². The van der Waals surface area contributed by atoms with Crippen LogP contribution in [0.5, 0.6) is 0 Å². The van der Waals surface area contributed by atoms with Crippen LogP contribution in [-0.2, 0) is 0 Å². The van der Waals surface area contributed by atoms with Gasteiger partial charge in [-0.2, -0.15) is 0 Å². The van der Waals surface area contributed by atoms with Crippen LogP contribution >= 0.6 is 0 Å². The molecule has 9 aromatic rings. The normalized spacial score (nSPS) is 11.9. The highest BCUT2D eigenvalue weighted by molar-refractivity contribution is 6.25. The fourth-order valence-electron chi connectivity index (χ4n) is 6.46. The maximum atomic E-state index is 5.14. The van der Waals surface area contributed by atoms with E-state index in [1.807, 2.05) is 24.3 Å². The lowest BCUT2D eigenvalue weighted by molar-refractivity contribution is 1.22. The summed E-state index contributed by atoms with van der Waals surface area (Å²) in [5, 5.41) is 8.82. The molecule has 9 rings (SSSR count). The molecule has 0 saturated heterocycles. The number of rotatable bonds is 2. The van der Waals surface area contributed by atoms with Crippen LogP contribution in [0.2, 0.25) is 0 Å². The van der Waals surface area contributed by atoms with E-state index in [1.54, 1.807) is 0 Å². The molecule has 0 aliphatic rings. The molecular weight excluding hydrogens is 498 g/mol. The summed E-state index contributed by atoms with van der Waals surface area (Å²) in [5.41, 5.74) is 8.31. The zero-order valence-corrected chi connectivity index (χ0v) is 22.1. The summed E-state index contributed by atoms with van der Waals surface area (Å²) >= 11 is 0. The van der Waals surface area contributed by atoms with Gasteiger partial charge >= 0.3 is 0 Å². The van der Waals surface area contributed by atoms with E-state index < -0.39 is 0 Å². The average molecular weight is 522 g/mol. The van der Waals surface area contributed by atoms with Crippen molar-refractivity contribution in [1.82, 2.24) is 14.4 Å². The van der Waals surface area contributed by atoms with Gasteiger partial charge in [-0.3, -0.25) is 4.40 Å². The monoisotopic (exact) mass is 521 g/mol. The summed E-state index contributed by atoms with van der Waals surface area (Å²) in [4.78, 5) is 10.1. The summed E-state index contributed by atoms with van der Waals surface area (Å²) in [5.74, 6) is 0. The van der Waals surface area contributed by atoms with Crippen molar-refractivity contribution in [2.45, 2.75) is 0 Å². The van der Waals surface area contributed by atoms with Gasteiger partial charge in [-0.15, -0.1) is 0 Å². The molecule has 0 N–H and O–H groups in total. The summed E-state index contributed by atoms with van der Waals surface area (Å²) in [7, 11) is 0.